The molecule has 0 saturated heterocycles. The van der Waals surface area contributed by atoms with Crippen LogP contribution in [0, 0.1) is 5.92 Å². The van der Waals surface area contributed by atoms with Crippen LogP contribution in [0.3, 0.4) is 0 Å². The van der Waals surface area contributed by atoms with Gasteiger partial charge < -0.3 is 5.32 Å². The minimum atomic E-state index is -3.06. The van der Waals surface area contributed by atoms with Gasteiger partial charge in [0.25, 0.3) is 0 Å². The molecule has 5 heteroatoms. The van der Waals surface area contributed by atoms with Crippen LogP contribution in [0.25, 0.3) is 0 Å². The highest BCUT2D eigenvalue weighted by Gasteiger charge is 2.31. The van der Waals surface area contributed by atoms with E-state index in [4.69, 9.17) is 0 Å². The lowest BCUT2D eigenvalue weighted by molar-refractivity contribution is 0.341. The summed E-state index contributed by atoms with van der Waals surface area (Å²) < 4.78 is 25.9. The molecule has 4 nitrogen and oxygen atoms in total. The van der Waals surface area contributed by atoms with Gasteiger partial charge in [0, 0.05) is 12.6 Å². The van der Waals surface area contributed by atoms with Gasteiger partial charge >= 0.3 is 0 Å². The molecule has 0 radical (unpaired) electrons. The van der Waals surface area contributed by atoms with Gasteiger partial charge in [-0.15, -0.1) is 0 Å². The van der Waals surface area contributed by atoms with E-state index < -0.39 is 10.0 Å². The fraction of sp³-hybridized carbons (Fsp3) is 1.00. The number of nitrogens with one attached hydrogen (secondary N) is 1. The standard InChI is InChI=1S/C11H24N2O2S/c1-10(2)13(9-11-5-6-11)16(14,15)8-4-7-12-3/h10-12H,4-9H2,1-3H3. The molecule has 0 bridgehead atoms. The second-order valence-corrected chi connectivity index (χ2v) is 6.92. The van der Waals surface area contributed by atoms with Crippen molar-refractivity contribution in [3.05, 3.63) is 0 Å². The van der Waals surface area contributed by atoms with Crippen molar-refractivity contribution in [2.45, 2.75) is 39.2 Å². The van der Waals surface area contributed by atoms with Crippen molar-refractivity contribution < 1.29 is 8.42 Å². The van der Waals surface area contributed by atoms with Crippen molar-refractivity contribution >= 4 is 10.0 Å². The minimum absolute atomic E-state index is 0.0835. The van der Waals surface area contributed by atoms with E-state index in [9.17, 15) is 8.42 Å². The van der Waals surface area contributed by atoms with Crippen LogP contribution in [0.1, 0.15) is 33.1 Å². The molecule has 0 aromatic carbocycles. The smallest absolute Gasteiger partial charge is 0.214 e. The fourth-order valence-electron chi connectivity index (χ4n) is 1.75. The van der Waals surface area contributed by atoms with Gasteiger partial charge in [-0.25, -0.2) is 8.42 Å². The third kappa shape index (κ3) is 4.39. The summed E-state index contributed by atoms with van der Waals surface area (Å²) in [4.78, 5) is 0. The van der Waals surface area contributed by atoms with Gasteiger partial charge in [-0.1, -0.05) is 0 Å². The normalized spacial score (nSPS) is 17.3. The Hall–Kier alpha value is -0.130. The molecule has 1 N–H and O–H groups in total. The van der Waals surface area contributed by atoms with Gasteiger partial charge in [0.15, 0.2) is 0 Å². The zero-order valence-corrected chi connectivity index (χ0v) is 11.4. The van der Waals surface area contributed by atoms with E-state index in [1.807, 2.05) is 20.9 Å². The number of hydrogen-bond donors (Lipinski definition) is 1. The summed E-state index contributed by atoms with van der Waals surface area (Å²) in [6, 6.07) is 0.0835. The van der Waals surface area contributed by atoms with E-state index in [2.05, 4.69) is 5.32 Å². The molecule has 0 spiro atoms. The van der Waals surface area contributed by atoms with Crippen molar-refractivity contribution in [2.75, 3.05) is 25.9 Å². The van der Waals surface area contributed by atoms with Crippen LogP contribution in [-0.2, 0) is 10.0 Å². The van der Waals surface area contributed by atoms with E-state index >= 15 is 0 Å². The highest BCUT2D eigenvalue weighted by Crippen LogP contribution is 2.31. The number of rotatable bonds is 8. The molecular formula is C11H24N2O2S. The Morgan fingerprint density at radius 3 is 2.44 bits per heavy atom. The monoisotopic (exact) mass is 248 g/mol. The first kappa shape index (κ1) is 13.9. The van der Waals surface area contributed by atoms with Crippen LogP contribution in [-0.4, -0.2) is 44.7 Å². The van der Waals surface area contributed by atoms with Crippen molar-refractivity contribution in [3.8, 4) is 0 Å². The van der Waals surface area contributed by atoms with E-state index in [0.717, 1.165) is 13.1 Å². The average molecular weight is 248 g/mol. The summed E-state index contributed by atoms with van der Waals surface area (Å²) in [5.74, 6) is 0.875. The predicted octanol–water partition coefficient (Wildman–Crippen LogP) is 1.05. The molecule has 0 unspecified atom stereocenters. The number of hydrogen-bond acceptors (Lipinski definition) is 3. The summed E-state index contributed by atoms with van der Waals surface area (Å²) in [5, 5.41) is 2.98. The van der Waals surface area contributed by atoms with Crippen LogP contribution in [0.4, 0.5) is 0 Å². The van der Waals surface area contributed by atoms with Crippen molar-refractivity contribution in [2.24, 2.45) is 5.92 Å². The van der Waals surface area contributed by atoms with Gasteiger partial charge in [-0.3, -0.25) is 0 Å². The molecule has 1 aliphatic rings. The minimum Gasteiger partial charge on any atom is -0.320 e. The molecular weight excluding hydrogens is 224 g/mol. The van der Waals surface area contributed by atoms with Gasteiger partial charge in [0.1, 0.15) is 0 Å². The zero-order valence-electron chi connectivity index (χ0n) is 10.6. The second-order valence-electron chi connectivity index (χ2n) is 4.88. The molecule has 16 heavy (non-hydrogen) atoms. The van der Waals surface area contributed by atoms with Crippen LogP contribution in [0.15, 0.2) is 0 Å². The summed E-state index contributed by atoms with van der Waals surface area (Å²) in [6.45, 7) is 5.39. The van der Waals surface area contributed by atoms with Gasteiger partial charge in [0.2, 0.25) is 10.0 Å². The van der Waals surface area contributed by atoms with Gasteiger partial charge in [-0.2, -0.15) is 4.31 Å². The Labute approximate surface area is 99.5 Å². The highest BCUT2D eigenvalue weighted by molar-refractivity contribution is 7.89. The largest absolute Gasteiger partial charge is 0.320 e. The Balaban J connectivity index is 2.52. The Bertz CT molecular complexity index is 297. The molecule has 1 fully saturated rings. The molecule has 1 saturated carbocycles. The van der Waals surface area contributed by atoms with E-state index in [1.165, 1.54) is 12.8 Å². The number of nitrogens with zero attached hydrogens (tertiary/aromatic N) is 1. The lowest BCUT2D eigenvalue weighted by Gasteiger charge is -2.25. The first-order chi connectivity index (χ1) is 7.47. The second kappa shape index (κ2) is 5.98. The molecule has 96 valence electrons. The summed E-state index contributed by atoms with van der Waals surface area (Å²) in [6.07, 6.45) is 3.07. The maximum Gasteiger partial charge on any atom is 0.214 e. The van der Waals surface area contributed by atoms with Gasteiger partial charge in [0.05, 0.1) is 5.75 Å². The first-order valence-electron chi connectivity index (χ1n) is 6.11. The van der Waals surface area contributed by atoms with E-state index in [1.54, 1.807) is 4.31 Å². The lowest BCUT2D eigenvalue weighted by Crippen LogP contribution is -2.40. The Morgan fingerprint density at radius 2 is 2.00 bits per heavy atom. The molecule has 1 aliphatic carbocycles. The molecule has 0 aliphatic heterocycles. The number of sulfonamides is 1. The van der Waals surface area contributed by atoms with Crippen LogP contribution >= 0.6 is 0 Å². The SMILES string of the molecule is CNCCCS(=O)(=O)N(CC1CC1)C(C)C. The van der Waals surface area contributed by atoms with Crippen molar-refractivity contribution in [3.63, 3.8) is 0 Å². The molecule has 0 aromatic rings. The third-order valence-electron chi connectivity index (χ3n) is 2.90. The molecule has 1 rings (SSSR count). The molecule has 0 heterocycles. The lowest BCUT2D eigenvalue weighted by atomic mass is 10.3. The Morgan fingerprint density at radius 1 is 1.38 bits per heavy atom. The molecule has 0 aromatic heterocycles. The van der Waals surface area contributed by atoms with Gasteiger partial charge in [-0.05, 0) is 52.6 Å². The zero-order chi connectivity index (χ0) is 12.2. The van der Waals surface area contributed by atoms with Crippen molar-refractivity contribution in [1.82, 2.24) is 9.62 Å². The quantitative estimate of drug-likeness (QED) is 0.653. The summed E-state index contributed by atoms with van der Waals surface area (Å²) in [7, 11) is -1.21. The molecule has 0 atom stereocenters. The maximum absolute atomic E-state index is 12.1. The topological polar surface area (TPSA) is 49.4 Å². The summed E-state index contributed by atoms with van der Waals surface area (Å²) >= 11 is 0. The first-order valence-corrected chi connectivity index (χ1v) is 7.72. The fourth-order valence-corrected chi connectivity index (χ4v) is 3.57. The van der Waals surface area contributed by atoms with Crippen LogP contribution in [0.5, 0.6) is 0 Å². The predicted molar refractivity (Wildman–Crippen MR) is 66.9 cm³/mol. The van der Waals surface area contributed by atoms with Crippen molar-refractivity contribution in [1.29, 1.82) is 0 Å². The molecule has 0 amide bonds. The summed E-state index contributed by atoms with van der Waals surface area (Å²) in [5.41, 5.74) is 0. The van der Waals surface area contributed by atoms with E-state index in [0.29, 0.717) is 12.3 Å². The van der Waals surface area contributed by atoms with E-state index in [-0.39, 0.29) is 11.8 Å². The third-order valence-corrected chi connectivity index (χ3v) is 4.99. The van der Waals surface area contributed by atoms with Crippen LogP contribution in [0.2, 0.25) is 0 Å². The maximum atomic E-state index is 12.1. The average Bonchev–Trinajstić information content (AvgIpc) is 2.97. The van der Waals surface area contributed by atoms with Crippen LogP contribution < -0.4 is 5.32 Å². The Kier molecular flexibility index (Phi) is 5.21. The highest BCUT2D eigenvalue weighted by atomic mass is 32.2.